The van der Waals surface area contributed by atoms with Gasteiger partial charge in [-0.3, -0.25) is 10.1 Å². The van der Waals surface area contributed by atoms with Gasteiger partial charge in [0.05, 0.1) is 4.92 Å². The molecule has 0 saturated carbocycles. The number of halogens is 1. The summed E-state index contributed by atoms with van der Waals surface area (Å²) in [4.78, 5) is 13.8. The van der Waals surface area contributed by atoms with Gasteiger partial charge in [-0.05, 0) is 17.7 Å². The molecule has 0 fully saturated rings. The second kappa shape index (κ2) is 4.17. The van der Waals surface area contributed by atoms with E-state index >= 15 is 0 Å². The van der Waals surface area contributed by atoms with Gasteiger partial charge in [0.1, 0.15) is 5.82 Å². The number of benzene rings is 1. The fourth-order valence-electron chi connectivity index (χ4n) is 1.44. The zero-order chi connectivity index (χ0) is 12.4. The average molecular weight is 233 g/mol. The van der Waals surface area contributed by atoms with E-state index in [9.17, 15) is 14.5 Å². The zero-order valence-electron chi connectivity index (χ0n) is 8.63. The molecule has 1 aromatic heterocycles. The normalized spacial score (nSPS) is 10.2. The number of hydrogen-bond donors (Lipinski definition) is 1. The molecule has 0 spiro atoms. The van der Waals surface area contributed by atoms with Crippen LogP contribution in [0, 0.1) is 15.9 Å². The molecular formula is C11H8FN3O2. The van der Waals surface area contributed by atoms with Crippen molar-refractivity contribution in [2.24, 2.45) is 0 Å². The van der Waals surface area contributed by atoms with Gasteiger partial charge in [0.25, 0.3) is 0 Å². The van der Waals surface area contributed by atoms with Gasteiger partial charge < -0.3 is 5.73 Å². The largest absolute Gasteiger partial charge is 0.378 e. The van der Waals surface area contributed by atoms with Gasteiger partial charge in [-0.2, -0.15) is 0 Å². The van der Waals surface area contributed by atoms with Crippen LogP contribution in [-0.2, 0) is 0 Å². The Balaban J connectivity index is 2.54. The molecule has 1 aromatic carbocycles. The summed E-state index contributed by atoms with van der Waals surface area (Å²) in [5, 5.41) is 10.7. The van der Waals surface area contributed by atoms with Crippen molar-refractivity contribution in [1.82, 2.24) is 4.98 Å². The molecule has 86 valence electrons. The predicted octanol–water partition coefficient (Wildman–Crippen LogP) is 2.38. The van der Waals surface area contributed by atoms with E-state index in [4.69, 9.17) is 5.73 Å². The fourth-order valence-corrected chi connectivity index (χ4v) is 1.44. The summed E-state index contributed by atoms with van der Waals surface area (Å²) >= 11 is 0. The van der Waals surface area contributed by atoms with Crippen LogP contribution in [0.4, 0.5) is 15.9 Å². The number of hydrogen-bond acceptors (Lipinski definition) is 4. The first-order chi connectivity index (χ1) is 8.08. The van der Waals surface area contributed by atoms with Crippen LogP contribution in [0.1, 0.15) is 0 Å². The summed E-state index contributed by atoms with van der Waals surface area (Å²) in [6, 6.07) is 7.00. The Labute approximate surface area is 95.9 Å². The summed E-state index contributed by atoms with van der Waals surface area (Å²) in [5.74, 6) is -0.572. The molecule has 6 heteroatoms. The van der Waals surface area contributed by atoms with Crippen LogP contribution in [0.25, 0.3) is 11.1 Å². The van der Waals surface area contributed by atoms with Crippen molar-refractivity contribution in [3.05, 3.63) is 52.5 Å². The smallest absolute Gasteiger partial charge is 0.311 e. The van der Waals surface area contributed by atoms with E-state index < -0.39 is 10.7 Å². The first-order valence-corrected chi connectivity index (χ1v) is 4.74. The van der Waals surface area contributed by atoms with Crippen molar-refractivity contribution >= 4 is 11.5 Å². The molecule has 0 amide bonds. The van der Waals surface area contributed by atoms with Crippen molar-refractivity contribution in [3.63, 3.8) is 0 Å². The van der Waals surface area contributed by atoms with Crippen molar-refractivity contribution < 1.29 is 9.31 Å². The second-order valence-corrected chi connectivity index (χ2v) is 3.40. The minimum atomic E-state index is -0.620. The monoisotopic (exact) mass is 233 g/mol. The van der Waals surface area contributed by atoms with E-state index in [2.05, 4.69) is 4.98 Å². The lowest BCUT2D eigenvalue weighted by atomic mass is 10.1. The summed E-state index contributed by atoms with van der Waals surface area (Å²) in [5.41, 5.74) is 6.05. The number of pyridine rings is 1. The maximum absolute atomic E-state index is 13.0. The lowest BCUT2D eigenvalue weighted by Crippen LogP contribution is -1.98. The molecule has 0 unspecified atom stereocenters. The Hall–Kier alpha value is -2.50. The average Bonchev–Trinajstić information content (AvgIpc) is 2.29. The van der Waals surface area contributed by atoms with Gasteiger partial charge in [-0.1, -0.05) is 12.1 Å². The van der Waals surface area contributed by atoms with Gasteiger partial charge in [0, 0.05) is 17.8 Å². The molecule has 0 atom stereocenters. The predicted molar refractivity (Wildman–Crippen MR) is 60.7 cm³/mol. The molecule has 5 nitrogen and oxygen atoms in total. The minimum Gasteiger partial charge on any atom is -0.378 e. The van der Waals surface area contributed by atoms with Gasteiger partial charge in [0.15, 0.2) is 0 Å². The second-order valence-electron chi connectivity index (χ2n) is 3.40. The number of nitrogen functional groups attached to an aromatic ring is 1. The van der Waals surface area contributed by atoms with Crippen molar-refractivity contribution in [1.29, 1.82) is 0 Å². The molecule has 17 heavy (non-hydrogen) atoms. The van der Waals surface area contributed by atoms with Crippen LogP contribution in [0.15, 0.2) is 36.5 Å². The molecule has 0 bridgehead atoms. The number of anilines is 1. The number of aromatic nitrogens is 1. The van der Waals surface area contributed by atoms with Crippen molar-refractivity contribution in [3.8, 4) is 11.1 Å². The van der Waals surface area contributed by atoms with Gasteiger partial charge in [-0.15, -0.1) is 0 Å². The minimum absolute atomic E-state index is 0.157. The van der Waals surface area contributed by atoms with Crippen LogP contribution < -0.4 is 5.73 Å². The van der Waals surface area contributed by atoms with Gasteiger partial charge >= 0.3 is 5.69 Å². The molecule has 2 N–H and O–H groups in total. The maximum atomic E-state index is 13.0. The highest BCUT2D eigenvalue weighted by atomic mass is 19.1. The first kappa shape index (κ1) is 11.0. The topological polar surface area (TPSA) is 82.0 Å². The molecule has 1 heterocycles. The molecule has 0 saturated heterocycles. The fraction of sp³-hybridized carbons (Fsp3) is 0. The van der Waals surface area contributed by atoms with Crippen LogP contribution in [0.3, 0.4) is 0 Å². The van der Waals surface area contributed by atoms with E-state index in [1.807, 2.05) is 0 Å². The maximum Gasteiger partial charge on any atom is 0.311 e. The Bertz CT molecular complexity index is 587. The molecular weight excluding hydrogens is 225 g/mol. The van der Waals surface area contributed by atoms with Gasteiger partial charge in [0.2, 0.25) is 5.82 Å². The van der Waals surface area contributed by atoms with E-state index in [0.717, 1.165) is 0 Å². The molecule has 0 radical (unpaired) electrons. The van der Waals surface area contributed by atoms with Crippen molar-refractivity contribution in [2.45, 2.75) is 0 Å². The highest BCUT2D eigenvalue weighted by Crippen LogP contribution is 2.26. The van der Waals surface area contributed by atoms with Crippen LogP contribution in [-0.4, -0.2) is 9.91 Å². The van der Waals surface area contributed by atoms with E-state index in [1.165, 1.54) is 30.5 Å². The lowest BCUT2D eigenvalue weighted by molar-refractivity contribution is -0.384. The quantitative estimate of drug-likeness (QED) is 0.637. The third kappa shape index (κ3) is 2.20. The number of nitrogens with zero attached hydrogens (tertiary/aromatic N) is 2. The number of rotatable bonds is 2. The van der Waals surface area contributed by atoms with Crippen LogP contribution in [0.5, 0.6) is 0 Å². The standard InChI is InChI=1S/C11H8FN3O2/c12-9-3-1-2-7(4-9)8-5-10(15(16)17)11(13)14-6-8/h1-6H,(H2,13,14). The third-order valence-electron chi connectivity index (χ3n) is 2.25. The van der Waals surface area contributed by atoms with Crippen LogP contribution >= 0.6 is 0 Å². The third-order valence-corrected chi connectivity index (χ3v) is 2.25. The molecule has 2 aromatic rings. The summed E-state index contributed by atoms with van der Waals surface area (Å²) in [6.45, 7) is 0. The molecule has 2 rings (SSSR count). The lowest BCUT2D eigenvalue weighted by Gasteiger charge is -2.02. The Morgan fingerprint density at radius 2 is 2.06 bits per heavy atom. The molecule has 0 aliphatic rings. The highest BCUT2D eigenvalue weighted by Gasteiger charge is 2.14. The highest BCUT2D eigenvalue weighted by molar-refractivity contribution is 5.68. The summed E-state index contributed by atoms with van der Waals surface area (Å²) < 4.78 is 13.0. The zero-order valence-corrected chi connectivity index (χ0v) is 8.63. The van der Waals surface area contributed by atoms with E-state index in [1.54, 1.807) is 6.07 Å². The van der Waals surface area contributed by atoms with E-state index in [0.29, 0.717) is 11.1 Å². The van der Waals surface area contributed by atoms with Gasteiger partial charge in [-0.25, -0.2) is 9.37 Å². The Kier molecular flexibility index (Phi) is 2.70. The Morgan fingerprint density at radius 3 is 2.71 bits per heavy atom. The Morgan fingerprint density at radius 1 is 1.29 bits per heavy atom. The summed E-state index contributed by atoms with van der Waals surface area (Å²) in [7, 11) is 0. The number of nitro groups is 1. The SMILES string of the molecule is Nc1ncc(-c2cccc(F)c2)cc1[N+](=O)[O-]. The van der Waals surface area contributed by atoms with Crippen molar-refractivity contribution in [2.75, 3.05) is 5.73 Å². The first-order valence-electron chi connectivity index (χ1n) is 4.74. The van der Waals surface area contributed by atoms with E-state index in [-0.39, 0.29) is 11.5 Å². The molecule has 0 aliphatic heterocycles. The number of nitrogens with two attached hydrogens (primary N) is 1. The van der Waals surface area contributed by atoms with Crippen LogP contribution in [0.2, 0.25) is 0 Å². The molecule has 0 aliphatic carbocycles. The summed E-state index contributed by atoms with van der Waals surface area (Å²) in [6.07, 6.45) is 1.37.